The number of likely N-dealkylation sites (tertiary alicyclic amines) is 2. The van der Waals surface area contributed by atoms with Crippen molar-refractivity contribution >= 4 is 58.2 Å². The van der Waals surface area contributed by atoms with Crippen LogP contribution in [0.4, 0.5) is 17.2 Å². The molecule has 81 heavy (non-hydrogen) atoms. The van der Waals surface area contributed by atoms with E-state index in [1.54, 1.807) is 23.4 Å². The van der Waals surface area contributed by atoms with E-state index in [9.17, 15) is 34.2 Å². The van der Waals surface area contributed by atoms with Gasteiger partial charge in [-0.15, -0.1) is 11.6 Å². The smallest absolute Gasteiger partial charge is 0.331 e. The first-order valence-corrected chi connectivity index (χ1v) is 29.8. The highest BCUT2D eigenvalue weighted by Gasteiger charge is 2.37. The van der Waals surface area contributed by atoms with Crippen LogP contribution in [0.25, 0.3) is 22.5 Å². The number of aromatic amines is 1. The highest BCUT2D eigenvalue weighted by molar-refractivity contribution is 6.40. The van der Waals surface area contributed by atoms with Gasteiger partial charge < -0.3 is 45.2 Å². The van der Waals surface area contributed by atoms with Gasteiger partial charge in [0.1, 0.15) is 17.1 Å². The molecule has 4 aromatic rings. The molecule has 2 aromatic heterocycles. The van der Waals surface area contributed by atoms with Crippen molar-refractivity contribution in [1.29, 1.82) is 0 Å². The monoisotopic (exact) mass is 1140 g/mol. The standard InChI is InChI=1S/C24H30N4O2.C14H18N4.C11H19NO4.C6H9ClO3.C6H12O/c1-17-16-20-23(26-12-6-3-7-13-26)21(18-8-4-2-5-9-18)25-28(20)24(30)22(17)27-14-10-19(29)11-15-27;15-14-13(18-9-5-2-6-10-18)12(16-17-14)11-7-3-1-4-8-11;1-3-16-11(15)10(8(2)13)12-6-4-9(14)5-7-12;1-3-10-6(9)5(7)4(2)8;7-6-4-2-1-3-5-6/h2,4-5,8-9,19,29H,3,6-7,10-16H2,1H3;1,3-4,7-8H,2,5-6,9-10H2,(H3,15,16,17);9-10,14H,3-7H2,1-2H3;5H,3H2,1-2H3;6-7H,1-5H2. The average Bonchev–Trinajstić information content (AvgIpc) is 4.07. The lowest BCUT2D eigenvalue weighted by atomic mass is 9.98. The number of ketones is 2. The van der Waals surface area contributed by atoms with Crippen molar-refractivity contribution in [3.05, 3.63) is 77.6 Å². The number of piperidine rings is 4. The highest BCUT2D eigenvalue weighted by Crippen LogP contribution is 2.40. The first kappa shape index (κ1) is 64.1. The lowest BCUT2D eigenvalue weighted by molar-refractivity contribution is -0.154. The number of rotatable bonds is 12. The van der Waals surface area contributed by atoms with Crippen LogP contribution < -0.4 is 15.5 Å². The molecule has 2 unspecified atom stereocenters. The lowest BCUT2D eigenvalue weighted by Crippen LogP contribution is -2.50. The van der Waals surface area contributed by atoms with E-state index in [1.807, 2.05) is 36.4 Å². The highest BCUT2D eigenvalue weighted by atomic mass is 35.5. The van der Waals surface area contributed by atoms with E-state index in [1.165, 1.54) is 71.6 Å². The minimum absolute atomic E-state index is 0.0226. The summed E-state index contributed by atoms with van der Waals surface area (Å²) in [6, 6.07) is 19.7. The maximum atomic E-state index is 13.6. The number of benzene rings is 2. The van der Waals surface area contributed by atoms with Crippen LogP contribution >= 0.6 is 11.6 Å². The molecule has 20 heteroatoms. The molecule has 10 rings (SSSR count). The molecule has 5 fully saturated rings. The summed E-state index contributed by atoms with van der Waals surface area (Å²) >= 11 is 5.32. The number of H-pyrrole nitrogens is 1. The van der Waals surface area contributed by atoms with Crippen molar-refractivity contribution in [3.63, 3.8) is 0 Å². The van der Waals surface area contributed by atoms with E-state index >= 15 is 0 Å². The molecule has 0 bridgehead atoms. The third kappa shape index (κ3) is 18.2. The van der Waals surface area contributed by atoms with E-state index in [4.69, 9.17) is 32.3 Å². The Kier molecular flexibility index (Phi) is 25.7. The second kappa shape index (κ2) is 32.5. The normalized spacial score (nSPS) is 18.9. The summed E-state index contributed by atoms with van der Waals surface area (Å²) in [5.74, 6) is -1.15. The van der Waals surface area contributed by atoms with Crippen LogP contribution in [-0.4, -0.2) is 170 Å². The number of fused-ring (bicyclic) bond motifs is 1. The number of hydrogen-bond donors (Lipinski definition) is 5. The lowest BCUT2D eigenvalue weighted by Gasteiger charge is -2.35. The van der Waals surface area contributed by atoms with Crippen LogP contribution in [0.15, 0.2) is 71.9 Å². The van der Waals surface area contributed by atoms with Gasteiger partial charge in [-0.1, -0.05) is 79.9 Å². The fourth-order valence-corrected chi connectivity index (χ4v) is 11.2. The predicted molar refractivity (Wildman–Crippen MR) is 316 cm³/mol. The molecular weight excluding hydrogens is 1050 g/mol. The zero-order chi connectivity index (χ0) is 58.4. The largest absolute Gasteiger partial charge is 0.465 e. The summed E-state index contributed by atoms with van der Waals surface area (Å²) < 4.78 is 11.0. The Bertz CT molecular complexity index is 2650. The van der Waals surface area contributed by atoms with Crippen molar-refractivity contribution in [2.24, 2.45) is 0 Å². The molecule has 6 N–H and O–H groups in total. The number of nitrogens with zero attached hydrogens (tertiary/aromatic N) is 7. The Labute approximate surface area is 483 Å². The Balaban J connectivity index is 0.000000178. The van der Waals surface area contributed by atoms with Crippen LogP contribution in [0.2, 0.25) is 0 Å². The number of carbonyl (C=O) groups is 5. The van der Waals surface area contributed by atoms with Crippen LogP contribution in [0.1, 0.15) is 141 Å². The molecule has 0 radical (unpaired) electrons. The summed E-state index contributed by atoms with van der Waals surface area (Å²) in [6.45, 7) is 15.4. The van der Waals surface area contributed by atoms with Gasteiger partial charge in [0.05, 0.1) is 48.6 Å². The fraction of sp³-hybridized carbons (Fsp3) is 0.590. The molecule has 0 spiro atoms. The number of alkyl halides is 1. The van der Waals surface area contributed by atoms with Crippen molar-refractivity contribution in [3.8, 4) is 22.5 Å². The maximum Gasteiger partial charge on any atom is 0.331 e. The summed E-state index contributed by atoms with van der Waals surface area (Å²) in [5, 5.41) is 39.1. The van der Waals surface area contributed by atoms with Gasteiger partial charge in [-0.2, -0.15) is 14.9 Å². The van der Waals surface area contributed by atoms with E-state index in [-0.39, 0.29) is 49.0 Å². The van der Waals surface area contributed by atoms with E-state index in [0.717, 1.165) is 109 Å². The first-order valence-electron chi connectivity index (χ1n) is 29.4. The minimum atomic E-state index is -1.14. The number of Topliss-reactive ketones (excluding diaryl/α,β-unsaturated/α-hetero) is 2. The van der Waals surface area contributed by atoms with Gasteiger partial charge >= 0.3 is 11.9 Å². The molecule has 1 aliphatic carbocycles. The zero-order valence-corrected chi connectivity index (χ0v) is 49.1. The summed E-state index contributed by atoms with van der Waals surface area (Å²) in [7, 11) is 0. The Hall–Kier alpha value is -6.12. The molecule has 2 aromatic carbocycles. The number of nitrogens with two attached hydrogens (primary N) is 1. The quantitative estimate of drug-likeness (QED) is 0.0510. The van der Waals surface area contributed by atoms with Gasteiger partial charge in [0.2, 0.25) is 0 Å². The number of hydrogen-bond acceptors (Lipinski definition) is 17. The number of nitrogens with one attached hydrogen (secondary N) is 1. The molecular formula is C61H88ClN9O10. The van der Waals surface area contributed by atoms with Crippen LogP contribution in [-0.2, 0) is 35.1 Å². The zero-order valence-electron chi connectivity index (χ0n) is 48.3. The van der Waals surface area contributed by atoms with Crippen LogP contribution in [0, 0.1) is 0 Å². The van der Waals surface area contributed by atoms with Crippen molar-refractivity contribution in [2.75, 3.05) is 81.1 Å². The minimum Gasteiger partial charge on any atom is -0.465 e. The average molecular weight is 1140 g/mol. The topological polar surface area (TPSA) is 250 Å². The summed E-state index contributed by atoms with van der Waals surface area (Å²) in [4.78, 5) is 66.4. The second-order valence-electron chi connectivity index (χ2n) is 21.6. The fourth-order valence-electron chi connectivity index (χ4n) is 11.1. The second-order valence-corrected chi connectivity index (χ2v) is 22.0. The number of aliphatic hydroxyl groups excluding tert-OH is 3. The van der Waals surface area contributed by atoms with Crippen LogP contribution in [0.3, 0.4) is 0 Å². The molecule has 444 valence electrons. The predicted octanol–water partition coefficient (Wildman–Crippen LogP) is 8.14. The Morgan fingerprint density at radius 1 is 0.642 bits per heavy atom. The van der Waals surface area contributed by atoms with Gasteiger partial charge in [-0.3, -0.25) is 24.4 Å². The number of carbonyl (C=O) groups excluding carboxylic acids is 5. The van der Waals surface area contributed by atoms with Crippen molar-refractivity contribution in [2.45, 2.75) is 167 Å². The van der Waals surface area contributed by atoms with Gasteiger partial charge in [-0.25, -0.2) is 9.59 Å². The van der Waals surface area contributed by atoms with E-state index in [2.05, 4.69) is 60.8 Å². The number of ether oxygens (including phenoxy) is 2. The molecule has 7 heterocycles. The van der Waals surface area contributed by atoms with Gasteiger partial charge in [0.15, 0.2) is 28.8 Å². The SMILES string of the molecule is CC1=C(N2CCC(O)CC2)C(=O)n2nc(-c3ccccc3)c(N3CCCCC3)c2C1.CCOC(=O)C(C(C)=O)N1CCC(O)CC1.CCOC(=O)C(Cl)C(C)=O.Nc1n[nH]c(-c2ccccc2)c1N1CCCCC1.OC1CCCCC1. The van der Waals surface area contributed by atoms with Crippen LogP contribution in [0.5, 0.6) is 0 Å². The number of halogens is 1. The molecule has 1 saturated carbocycles. The number of nitrogen functional groups attached to an aromatic ring is 1. The molecule has 19 nitrogen and oxygen atoms in total. The van der Waals surface area contributed by atoms with Gasteiger partial charge in [-0.05, 0) is 117 Å². The molecule has 2 atom stereocenters. The Morgan fingerprint density at radius 2 is 1.12 bits per heavy atom. The number of anilines is 3. The third-order valence-corrected chi connectivity index (χ3v) is 15.9. The van der Waals surface area contributed by atoms with E-state index in [0.29, 0.717) is 44.6 Å². The summed E-state index contributed by atoms with van der Waals surface area (Å²) in [6.07, 6.45) is 16.1. The number of allylic oxidation sites excluding steroid dienone is 2. The number of aromatic nitrogens is 4. The molecule has 0 amide bonds. The molecule has 5 aliphatic heterocycles. The maximum absolute atomic E-state index is 13.6. The Morgan fingerprint density at radius 3 is 1.62 bits per heavy atom. The molecule has 6 aliphatic rings. The van der Waals surface area contributed by atoms with Gasteiger partial charge in [0.25, 0.3) is 5.91 Å². The van der Waals surface area contributed by atoms with Gasteiger partial charge in [0, 0.05) is 69.9 Å². The number of aliphatic hydroxyl groups is 3. The molecule has 4 saturated heterocycles. The first-order chi connectivity index (χ1) is 39.0. The summed E-state index contributed by atoms with van der Waals surface area (Å²) in [5.41, 5.74) is 15.3. The van der Waals surface area contributed by atoms with Crippen molar-refractivity contribution < 1.29 is 48.8 Å². The number of esters is 2. The van der Waals surface area contributed by atoms with Crippen molar-refractivity contribution in [1.82, 2.24) is 29.8 Å². The van der Waals surface area contributed by atoms with E-state index < -0.39 is 23.4 Å². The third-order valence-electron chi connectivity index (χ3n) is 15.4.